The molecule has 1 amide bonds. The molecule has 0 radical (unpaired) electrons. The molecule has 0 aliphatic rings. The normalized spacial score (nSPS) is 10.4. The van der Waals surface area contributed by atoms with Crippen molar-refractivity contribution >= 4 is 47.7 Å². The predicted octanol–water partition coefficient (Wildman–Crippen LogP) is 1.14. The van der Waals surface area contributed by atoms with Gasteiger partial charge in [-0.2, -0.15) is 4.68 Å². The van der Waals surface area contributed by atoms with Crippen molar-refractivity contribution in [1.82, 2.24) is 20.2 Å². The number of aliphatic carboxylic acids is 1. The number of amides is 1. The van der Waals surface area contributed by atoms with Crippen LogP contribution in [-0.4, -0.2) is 50.4 Å². The number of aromatic nitrogens is 4. The van der Waals surface area contributed by atoms with Crippen LogP contribution in [0.2, 0.25) is 0 Å². The number of rotatable bonds is 7. The number of benzene rings is 1. The number of carbonyl (C=O) groups excluding carboxylic acids is 1. The maximum absolute atomic E-state index is 11.5. The molecule has 9 nitrogen and oxygen atoms in total. The van der Waals surface area contributed by atoms with Crippen molar-refractivity contribution in [2.24, 2.45) is 0 Å². The Hall–Kier alpha value is -1.73. The van der Waals surface area contributed by atoms with Crippen LogP contribution in [0.25, 0.3) is 5.69 Å². The van der Waals surface area contributed by atoms with Crippen molar-refractivity contribution in [3.63, 3.8) is 0 Å². The fourth-order valence-electron chi connectivity index (χ4n) is 1.50. The molecule has 2 aromatic rings. The number of ether oxygens (including phenoxy) is 1. The molecule has 2 N–H and O–H groups in total. The first-order valence-corrected chi connectivity index (χ1v) is 9.23. The van der Waals surface area contributed by atoms with Gasteiger partial charge < -0.3 is 15.2 Å². The highest BCUT2D eigenvalue weighted by Crippen LogP contribution is 2.24. The van der Waals surface area contributed by atoms with Crippen molar-refractivity contribution in [2.75, 3.05) is 18.5 Å². The maximum atomic E-state index is 11.5. The molecular formula is C11H10IN5O4S. The van der Waals surface area contributed by atoms with Crippen LogP contribution in [0, 0.1) is 0 Å². The van der Waals surface area contributed by atoms with Gasteiger partial charge in [0, 0.05) is 26.9 Å². The van der Waals surface area contributed by atoms with E-state index in [1.807, 2.05) is 0 Å². The lowest BCUT2D eigenvalue weighted by Gasteiger charge is -2.07. The van der Waals surface area contributed by atoms with Crippen LogP contribution >= 0.6 is 30.1 Å². The molecule has 0 fully saturated rings. The number of carboxylic acid groups (broad SMARTS) is 1. The monoisotopic (exact) mass is 435 g/mol. The van der Waals surface area contributed by atoms with Gasteiger partial charge in [-0.1, -0.05) is 0 Å². The molecule has 11 heteroatoms. The third-order valence-corrected chi connectivity index (χ3v) is 3.94. The zero-order valence-electron chi connectivity index (χ0n) is 11.0. The van der Waals surface area contributed by atoms with Crippen LogP contribution in [0.4, 0.5) is 5.69 Å². The summed E-state index contributed by atoms with van der Waals surface area (Å²) in [5.74, 6) is -1.55. The van der Waals surface area contributed by atoms with Crippen molar-refractivity contribution in [2.45, 2.75) is 5.16 Å². The molecule has 116 valence electrons. The second-order valence-corrected chi connectivity index (χ2v) is 5.77. The van der Waals surface area contributed by atoms with Crippen LogP contribution < -0.4 is 5.32 Å². The van der Waals surface area contributed by atoms with Crippen LogP contribution in [-0.2, 0) is 14.3 Å². The largest absolute Gasteiger partial charge is 0.480 e. The highest BCUT2D eigenvalue weighted by atomic mass is 127. The minimum Gasteiger partial charge on any atom is -0.480 e. The number of anilines is 1. The standard InChI is InChI=1S/C11H10IN5O4S/c12-22-11-14-15-16-17(11)8-3-1-7(2-4-8)13-9(18)5-21-6-10(19)20/h1-4H,5-6H2,(H,13,18)(H,19,20). The Morgan fingerprint density at radius 3 is 2.68 bits per heavy atom. The lowest BCUT2D eigenvalue weighted by molar-refractivity contribution is -0.143. The summed E-state index contributed by atoms with van der Waals surface area (Å²) in [4.78, 5) is 21.8. The van der Waals surface area contributed by atoms with Gasteiger partial charge in [0.25, 0.3) is 0 Å². The highest BCUT2D eigenvalue weighted by molar-refractivity contribution is 14.2. The Labute approximate surface area is 141 Å². The van der Waals surface area contributed by atoms with Crippen LogP contribution in [0.15, 0.2) is 29.4 Å². The number of carbonyl (C=O) groups is 2. The van der Waals surface area contributed by atoms with E-state index in [-0.39, 0.29) is 6.61 Å². The van der Waals surface area contributed by atoms with Crippen molar-refractivity contribution < 1.29 is 19.4 Å². The summed E-state index contributed by atoms with van der Waals surface area (Å²) in [5, 5.41) is 22.9. The van der Waals surface area contributed by atoms with E-state index in [2.05, 4.69) is 42.0 Å². The molecule has 0 atom stereocenters. The van der Waals surface area contributed by atoms with Gasteiger partial charge in [-0.05, 0) is 43.6 Å². The summed E-state index contributed by atoms with van der Waals surface area (Å²) >= 11 is 2.08. The summed E-state index contributed by atoms with van der Waals surface area (Å²) in [6, 6.07) is 6.88. The zero-order chi connectivity index (χ0) is 15.9. The van der Waals surface area contributed by atoms with Gasteiger partial charge in [0.2, 0.25) is 11.1 Å². The average molecular weight is 435 g/mol. The first-order valence-electron chi connectivity index (χ1n) is 5.87. The van der Waals surface area contributed by atoms with Crippen LogP contribution in [0.1, 0.15) is 0 Å². The van der Waals surface area contributed by atoms with Gasteiger partial charge in [-0.25, -0.2) is 4.79 Å². The fourth-order valence-corrected chi connectivity index (χ4v) is 2.60. The van der Waals surface area contributed by atoms with Gasteiger partial charge in [0.1, 0.15) is 13.2 Å². The summed E-state index contributed by atoms with van der Waals surface area (Å²) in [5.41, 5.74) is 1.31. The van der Waals surface area contributed by atoms with Crippen molar-refractivity contribution in [3.05, 3.63) is 24.3 Å². The molecular weight excluding hydrogens is 425 g/mol. The Kier molecular flexibility index (Phi) is 6.09. The van der Waals surface area contributed by atoms with E-state index in [1.165, 1.54) is 8.93 Å². The molecule has 1 heterocycles. The number of carboxylic acids is 1. The van der Waals surface area contributed by atoms with E-state index in [0.717, 1.165) is 5.69 Å². The van der Waals surface area contributed by atoms with Crippen molar-refractivity contribution in [1.29, 1.82) is 0 Å². The van der Waals surface area contributed by atoms with Crippen molar-refractivity contribution in [3.8, 4) is 5.69 Å². The Bertz CT molecular complexity index is 663. The first-order chi connectivity index (χ1) is 10.6. The van der Waals surface area contributed by atoms with Crippen LogP contribution in [0.5, 0.6) is 0 Å². The SMILES string of the molecule is O=C(O)COCC(=O)Nc1ccc(-n2nnnc2SI)cc1. The minimum absolute atomic E-state index is 0.323. The number of hydrogen-bond donors (Lipinski definition) is 2. The third-order valence-electron chi connectivity index (χ3n) is 2.36. The number of nitrogens with one attached hydrogen (secondary N) is 1. The van der Waals surface area contributed by atoms with E-state index < -0.39 is 18.5 Å². The quantitative estimate of drug-likeness (QED) is 0.622. The summed E-state index contributed by atoms with van der Waals surface area (Å²) < 4.78 is 6.26. The van der Waals surface area contributed by atoms with E-state index in [0.29, 0.717) is 10.8 Å². The molecule has 1 aromatic carbocycles. The average Bonchev–Trinajstić information content (AvgIpc) is 2.96. The highest BCUT2D eigenvalue weighted by Gasteiger charge is 2.08. The molecule has 0 aliphatic heterocycles. The number of hydrogen-bond acceptors (Lipinski definition) is 7. The summed E-state index contributed by atoms with van der Waals surface area (Å²) in [6.07, 6.45) is 0. The smallest absolute Gasteiger partial charge is 0.329 e. The molecule has 22 heavy (non-hydrogen) atoms. The fraction of sp³-hybridized carbons (Fsp3) is 0.182. The van der Waals surface area contributed by atoms with E-state index in [1.54, 1.807) is 28.9 Å². The molecule has 0 unspecified atom stereocenters. The van der Waals surface area contributed by atoms with Gasteiger partial charge in [0.05, 0.1) is 5.69 Å². The molecule has 0 aliphatic carbocycles. The Morgan fingerprint density at radius 1 is 1.32 bits per heavy atom. The van der Waals surface area contributed by atoms with Crippen LogP contribution in [0.3, 0.4) is 0 Å². The van der Waals surface area contributed by atoms with E-state index in [4.69, 9.17) is 9.84 Å². The number of tetrazole rings is 1. The second-order valence-electron chi connectivity index (χ2n) is 3.93. The Balaban J connectivity index is 1.94. The topological polar surface area (TPSA) is 119 Å². The molecule has 2 rings (SSSR count). The third kappa shape index (κ3) is 4.64. The van der Waals surface area contributed by atoms with Gasteiger partial charge >= 0.3 is 5.97 Å². The molecule has 1 aromatic heterocycles. The summed E-state index contributed by atoms with van der Waals surface area (Å²) in [6.45, 7) is -0.834. The van der Waals surface area contributed by atoms with Gasteiger partial charge in [0.15, 0.2) is 0 Å². The maximum Gasteiger partial charge on any atom is 0.329 e. The molecule has 0 saturated heterocycles. The van der Waals surface area contributed by atoms with E-state index in [9.17, 15) is 9.59 Å². The second kappa shape index (κ2) is 8.05. The number of nitrogens with zero attached hydrogens (tertiary/aromatic N) is 4. The molecule has 0 spiro atoms. The van der Waals surface area contributed by atoms with E-state index >= 15 is 0 Å². The van der Waals surface area contributed by atoms with Gasteiger partial charge in [-0.15, -0.1) is 5.10 Å². The summed E-state index contributed by atoms with van der Waals surface area (Å²) in [7, 11) is 1.39. The molecule has 0 bridgehead atoms. The number of halogens is 1. The predicted molar refractivity (Wildman–Crippen MR) is 86.1 cm³/mol. The lowest BCUT2D eigenvalue weighted by atomic mass is 10.3. The first kappa shape index (κ1) is 16.6. The van der Waals surface area contributed by atoms with Gasteiger partial charge in [-0.3, -0.25) is 4.79 Å². The minimum atomic E-state index is -1.12. The Morgan fingerprint density at radius 2 is 2.05 bits per heavy atom. The zero-order valence-corrected chi connectivity index (χ0v) is 13.9. The molecule has 0 saturated carbocycles. The lowest BCUT2D eigenvalue weighted by Crippen LogP contribution is -2.20.